The van der Waals surface area contributed by atoms with E-state index in [4.69, 9.17) is 4.74 Å². The van der Waals surface area contributed by atoms with Gasteiger partial charge in [0.2, 0.25) is 0 Å². The van der Waals surface area contributed by atoms with Crippen LogP contribution in [0.3, 0.4) is 0 Å². The van der Waals surface area contributed by atoms with E-state index in [1.54, 1.807) is 6.07 Å². The van der Waals surface area contributed by atoms with Crippen LogP contribution in [0.1, 0.15) is 54.4 Å². The van der Waals surface area contributed by atoms with Gasteiger partial charge in [-0.3, -0.25) is 0 Å². The molecule has 1 aromatic heterocycles. The van der Waals surface area contributed by atoms with Crippen molar-refractivity contribution < 1.29 is 19.7 Å². The summed E-state index contributed by atoms with van der Waals surface area (Å²) < 4.78 is 5.60. The van der Waals surface area contributed by atoms with Crippen molar-refractivity contribution in [2.24, 2.45) is 0 Å². The number of rotatable bonds is 3. The molecule has 2 aliphatic rings. The summed E-state index contributed by atoms with van der Waals surface area (Å²) >= 11 is 0. The average molecular weight is 292 g/mol. The summed E-state index contributed by atoms with van der Waals surface area (Å²) in [5.41, 5.74) is 0.916. The van der Waals surface area contributed by atoms with E-state index in [2.05, 4.69) is 4.98 Å². The molecule has 0 aromatic carbocycles. The molecule has 0 bridgehead atoms. The van der Waals surface area contributed by atoms with Gasteiger partial charge < -0.3 is 19.8 Å². The van der Waals surface area contributed by atoms with Crippen molar-refractivity contribution in [3.63, 3.8) is 0 Å². The van der Waals surface area contributed by atoms with Gasteiger partial charge >= 0.3 is 5.97 Å². The summed E-state index contributed by atoms with van der Waals surface area (Å²) in [5, 5.41) is 19.5. The Morgan fingerprint density at radius 3 is 2.67 bits per heavy atom. The molecule has 6 heteroatoms. The first-order chi connectivity index (χ1) is 10.2. The number of nitrogens with zero attached hydrogens (tertiary/aromatic N) is 2. The fourth-order valence-electron chi connectivity index (χ4n) is 3.04. The van der Waals surface area contributed by atoms with Gasteiger partial charge in [-0.25, -0.2) is 9.78 Å². The summed E-state index contributed by atoms with van der Waals surface area (Å²) in [6.07, 6.45) is 4.92. The van der Waals surface area contributed by atoms with E-state index in [0.29, 0.717) is 18.0 Å². The van der Waals surface area contributed by atoms with E-state index in [0.717, 1.165) is 38.8 Å². The highest BCUT2D eigenvalue weighted by atomic mass is 16.5. The Kier molecular flexibility index (Phi) is 3.96. The molecule has 1 unspecified atom stereocenters. The lowest BCUT2D eigenvalue weighted by Crippen LogP contribution is -2.30. The quantitative estimate of drug-likeness (QED) is 0.889. The van der Waals surface area contributed by atoms with Gasteiger partial charge in [0.05, 0.1) is 17.5 Å². The van der Waals surface area contributed by atoms with Crippen molar-refractivity contribution in [2.75, 3.05) is 24.6 Å². The van der Waals surface area contributed by atoms with Crippen molar-refractivity contribution in [1.82, 2.24) is 4.98 Å². The van der Waals surface area contributed by atoms with Gasteiger partial charge in [-0.15, -0.1) is 0 Å². The van der Waals surface area contributed by atoms with Crippen LogP contribution in [0.15, 0.2) is 6.07 Å². The second-order valence-corrected chi connectivity index (χ2v) is 5.62. The smallest absolute Gasteiger partial charge is 0.358 e. The zero-order valence-corrected chi connectivity index (χ0v) is 11.9. The number of carboxylic acid groups (broad SMARTS) is 1. The second-order valence-electron chi connectivity index (χ2n) is 5.62. The molecule has 0 aliphatic carbocycles. The van der Waals surface area contributed by atoms with Crippen LogP contribution in [-0.4, -0.2) is 40.9 Å². The molecule has 0 radical (unpaired) electrons. The highest BCUT2D eigenvalue weighted by molar-refractivity contribution is 5.91. The van der Waals surface area contributed by atoms with Crippen LogP contribution in [0, 0.1) is 0 Å². The van der Waals surface area contributed by atoms with E-state index in [1.807, 2.05) is 4.90 Å². The van der Waals surface area contributed by atoms with Crippen molar-refractivity contribution in [3.8, 4) is 5.75 Å². The summed E-state index contributed by atoms with van der Waals surface area (Å²) in [5.74, 6) is -1.43. The van der Waals surface area contributed by atoms with Crippen LogP contribution in [0.2, 0.25) is 0 Å². The molecule has 3 heterocycles. The molecular formula is C15H20N2O4. The van der Waals surface area contributed by atoms with E-state index in [9.17, 15) is 15.0 Å². The molecule has 2 fully saturated rings. The molecule has 21 heavy (non-hydrogen) atoms. The molecule has 1 atom stereocenters. The Bertz CT molecular complexity index is 535. The lowest BCUT2D eigenvalue weighted by molar-refractivity contribution is 0.0684. The summed E-state index contributed by atoms with van der Waals surface area (Å²) in [4.78, 5) is 17.5. The molecule has 0 amide bonds. The van der Waals surface area contributed by atoms with Gasteiger partial charge in [0.25, 0.3) is 0 Å². The van der Waals surface area contributed by atoms with E-state index >= 15 is 0 Å². The number of hydrogen-bond acceptors (Lipinski definition) is 5. The van der Waals surface area contributed by atoms with Crippen molar-refractivity contribution in [1.29, 1.82) is 0 Å². The van der Waals surface area contributed by atoms with Gasteiger partial charge in [-0.2, -0.15) is 0 Å². The average Bonchev–Trinajstić information content (AvgIpc) is 3.02. The van der Waals surface area contributed by atoms with Crippen molar-refractivity contribution in [2.45, 2.75) is 38.2 Å². The molecule has 0 spiro atoms. The van der Waals surface area contributed by atoms with Gasteiger partial charge in [0, 0.05) is 19.7 Å². The SMILES string of the molecule is O=C(O)c1nc(C2CCCO2)cc(N2CCCCC2)c1O. The summed E-state index contributed by atoms with van der Waals surface area (Å²) in [7, 11) is 0. The molecule has 3 rings (SSSR count). The number of carboxylic acids is 1. The second kappa shape index (κ2) is 5.89. The van der Waals surface area contributed by atoms with E-state index in [1.165, 1.54) is 6.42 Å². The van der Waals surface area contributed by atoms with Gasteiger partial charge in [0.1, 0.15) is 0 Å². The minimum atomic E-state index is -1.20. The maximum absolute atomic E-state index is 11.3. The van der Waals surface area contributed by atoms with Crippen molar-refractivity contribution >= 4 is 11.7 Å². The van der Waals surface area contributed by atoms with Crippen LogP contribution >= 0.6 is 0 Å². The first-order valence-corrected chi connectivity index (χ1v) is 7.50. The fraction of sp³-hybridized carbons (Fsp3) is 0.600. The Balaban J connectivity index is 2.01. The predicted octanol–water partition coefficient (Wildman–Crippen LogP) is 2.33. The molecule has 2 saturated heterocycles. The molecule has 2 N–H and O–H groups in total. The number of carbonyl (C=O) groups is 1. The normalized spacial score (nSPS) is 22.5. The Morgan fingerprint density at radius 1 is 1.29 bits per heavy atom. The lowest BCUT2D eigenvalue weighted by Gasteiger charge is -2.30. The molecule has 114 valence electrons. The van der Waals surface area contributed by atoms with Crippen LogP contribution in [0.25, 0.3) is 0 Å². The number of aromatic carboxylic acids is 1. The maximum Gasteiger partial charge on any atom is 0.358 e. The molecule has 2 aliphatic heterocycles. The van der Waals surface area contributed by atoms with E-state index in [-0.39, 0.29) is 17.5 Å². The predicted molar refractivity (Wildman–Crippen MR) is 76.9 cm³/mol. The topological polar surface area (TPSA) is 82.9 Å². The fourth-order valence-corrected chi connectivity index (χ4v) is 3.04. The molecule has 1 aromatic rings. The Morgan fingerprint density at radius 2 is 2.05 bits per heavy atom. The van der Waals surface area contributed by atoms with Gasteiger partial charge in [-0.1, -0.05) is 0 Å². The number of anilines is 1. The first-order valence-electron chi connectivity index (χ1n) is 7.50. The number of aromatic nitrogens is 1. The molecular weight excluding hydrogens is 272 g/mol. The number of pyridine rings is 1. The van der Waals surface area contributed by atoms with Gasteiger partial charge in [-0.05, 0) is 38.2 Å². The maximum atomic E-state index is 11.3. The lowest BCUT2D eigenvalue weighted by atomic mass is 10.1. The Hall–Kier alpha value is -1.82. The largest absolute Gasteiger partial charge is 0.504 e. The number of ether oxygens (including phenoxy) is 1. The highest BCUT2D eigenvalue weighted by Gasteiger charge is 2.27. The highest BCUT2D eigenvalue weighted by Crippen LogP contribution is 2.37. The number of aromatic hydroxyl groups is 1. The third-order valence-electron chi connectivity index (χ3n) is 4.15. The first kappa shape index (κ1) is 14.1. The number of piperidine rings is 1. The van der Waals surface area contributed by atoms with Crippen LogP contribution < -0.4 is 4.90 Å². The summed E-state index contributed by atoms with van der Waals surface area (Å²) in [6.45, 7) is 2.35. The third kappa shape index (κ3) is 2.81. The number of hydrogen-bond donors (Lipinski definition) is 2. The Labute approximate surface area is 123 Å². The summed E-state index contributed by atoms with van der Waals surface area (Å²) in [6, 6.07) is 1.79. The van der Waals surface area contributed by atoms with Gasteiger partial charge in [0.15, 0.2) is 11.4 Å². The molecule has 0 saturated carbocycles. The van der Waals surface area contributed by atoms with Crippen molar-refractivity contribution in [3.05, 3.63) is 17.5 Å². The van der Waals surface area contributed by atoms with Crippen LogP contribution in [-0.2, 0) is 4.74 Å². The van der Waals surface area contributed by atoms with Crippen LogP contribution in [0.5, 0.6) is 5.75 Å². The van der Waals surface area contributed by atoms with Crippen LogP contribution in [0.4, 0.5) is 5.69 Å². The zero-order chi connectivity index (χ0) is 14.8. The standard InChI is InChI=1S/C15H20N2O4/c18-14-11(17-6-2-1-3-7-17)9-10(12-5-4-8-21-12)16-13(14)15(19)20/h9,12,18H,1-8H2,(H,19,20). The third-order valence-corrected chi connectivity index (χ3v) is 4.15. The minimum absolute atomic E-state index is 0.160. The monoisotopic (exact) mass is 292 g/mol. The molecule has 6 nitrogen and oxygen atoms in total. The minimum Gasteiger partial charge on any atom is -0.504 e. The van der Waals surface area contributed by atoms with E-state index < -0.39 is 5.97 Å². The zero-order valence-electron chi connectivity index (χ0n) is 11.9.